The maximum atomic E-state index is 12.9. The molecular weight excluding hydrogens is 416 g/mol. The zero-order valence-electron chi connectivity index (χ0n) is 15.5. The summed E-state index contributed by atoms with van der Waals surface area (Å²) < 4.78 is 25.8. The summed E-state index contributed by atoms with van der Waals surface area (Å²) in [6.07, 6.45) is 0. The maximum Gasteiger partial charge on any atom is 0.346 e. The molecule has 0 bridgehead atoms. The molecule has 0 amide bonds. The van der Waals surface area contributed by atoms with E-state index in [1.54, 1.807) is 43.3 Å². The summed E-state index contributed by atoms with van der Waals surface area (Å²) in [6.45, 7) is 5.08. The number of rotatable bonds is 6. The summed E-state index contributed by atoms with van der Waals surface area (Å²) in [5, 5.41) is 9.54. The Morgan fingerprint density at radius 1 is 1.00 bits per heavy atom. The summed E-state index contributed by atoms with van der Waals surface area (Å²) in [6, 6.07) is 10.1. The number of thiophene rings is 2. The van der Waals surface area contributed by atoms with Crippen LogP contribution < -0.4 is 0 Å². The minimum Gasteiger partial charge on any atom is -0.477 e. The van der Waals surface area contributed by atoms with E-state index in [0.717, 1.165) is 21.8 Å². The fourth-order valence-corrected chi connectivity index (χ4v) is 6.64. The number of carboxylic acid groups (broad SMARTS) is 1. The molecule has 0 atom stereocenters. The second-order valence-electron chi connectivity index (χ2n) is 6.52. The van der Waals surface area contributed by atoms with Crippen molar-refractivity contribution in [2.45, 2.75) is 31.4 Å². The molecule has 0 radical (unpaired) electrons. The highest BCUT2D eigenvalue weighted by molar-refractivity contribution is 7.90. The van der Waals surface area contributed by atoms with E-state index in [1.807, 2.05) is 6.92 Å². The van der Waals surface area contributed by atoms with Crippen LogP contribution in [0.25, 0.3) is 9.75 Å². The molecule has 0 unspecified atom stereocenters. The molecule has 2 aromatic heterocycles. The molecule has 0 aliphatic carbocycles. The lowest BCUT2D eigenvalue weighted by atomic mass is 10.2. The topological polar surface area (TPSA) is 88.5 Å². The van der Waals surface area contributed by atoms with Crippen molar-refractivity contribution in [2.75, 3.05) is 0 Å². The average molecular weight is 435 g/mol. The van der Waals surface area contributed by atoms with Crippen LogP contribution in [-0.4, -0.2) is 25.3 Å². The van der Waals surface area contributed by atoms with Crippen LogP contribution in [0, 0.1) is 13.8 Å². The number of Topliss-reactive ketones (excluding diaryl/α,β-unsaturated/α-hetero) is 1. The van der Waals surface area contributed by atoms with E-state index in [-0.39, 0.29) is 26.9 Å². The van der Waals surface area contributed by atoms with Crippen LogP contribution in [0.5, 0.6) is 0 Å². The van der Waals surface area contributed by atoms with Gasteiger partial charge in [0.25, 0.3) is 0 Å². The number of aryl methyl sites for hydroxylation is 2. The van der Waals surface area contributed by atoms with Crippen molar-refractivity contribution < 1.29 is 23.1 Å². The third kappa shape index (κ3) is 4.09. The van der Waals surface area contributed by atoms with Gasteiger partial charge in [-0.05, 0) is 56.2 Å². The van der Waals surface area contributed by atoms with Crippen LogP contribution >= 0.6 is 22.7 Å². The number of aromatic carboxylic acids is 1. The Bertz CT molecular complexity index is 1180. The Hall–Kier alpha value is -2.29. The first kappa shape index (κ1) is 20.4. The minimum atomic E-state index is -3.70. The van der Waals surface area contributed by atoms with E-state index in [4.69, 9.17) is 0 Å². The Labute approximate surface area is 171 Å². The van der Waals surface area contributed by atoms with Gasteiger partial charge in [-0.25, -0.2) is 13.2 Å². The molecule has 1 N–H and O–H groups in total. The summed E-state index contributed by atoms with van der Waals surface area (Å²) in [5.74, 6) is -1.62. The van der Waals surface area contributed by atoms with Gasteiger partial charge in [-0.2, -0.15) is 0 Å². The average Bonchev–Trinajstić information content (AvgIpc) is 3.20. The van der Waals surface area contributed by atoms with Gasteiger partial charge in [0.15, 0.2) is 15.6 Å². The highest BCUT2D eigenvalue weighted by atomic mass is 32.2. The fourth-order valence-electron chi connectivity index (χ4n) is 2.93. The number of carboxylic acids is 1. The molecule has 5 nitrogen and oxygen atoms in total. The SMILES string of the molecule is CC(=O)c1ccc(-c2cc(CS(=O)(=O)c3ccc(C)cc3C)c(C(=O)O)s2)s1. The molecule has 3 aromatic rings. The van der Waals surface area contributed by atoms with Gasteiger partial charge in [-0.15, -0.1) is 22.7 Å². The van der Waals surface area contributed by atoms with Gasteiger partial charge in [-0.1, -0.05) is 17.7 Å². The summed E-state index contributed by atoms with van der Waals surface area (Å²) in [7, 11) is -3.70. The van der Waals surface area contributed by atoms with E-state index in [9.17, 15) is 23.1 Å². The molecule has 0 aliphatic heterocycles. The second-order valence-corrected chi connectivity index (χ2v) is 10.6. The molecule has 28 heavy (non-hydrogen) atoms. The lowest BCUT2D eigenvalue weighted by molar-refractivity contribution is 0.0701. The van der Waals surface area contributed by atoms with Gasteiger partial charge in [0.05, 0.1) is 15.5 Å². The molecule has 2 heterocycles. The fraction of sp³-hybridized carbons (Fsp3) is 0.200. The number of sulfone groups is 1. The Morgan fingerprint density at radius 3 is 2.29 bits per heavy atom. The minimum absolute atomic E-state index is 0.00103. The molecule has 3 rings (SSSR count). The summed E-state index contributed by atoms with van der Waals surface area (Å²) >= 11 is 2.29. The molecule has 0 saturated carbocycles. The van der Waals surface area contributed by atoms with Crippen LogP contribution in [0.3, 0.4) is 0 Å². The Kier molecular flexibility index (Phi) is 5.56. The largest absolute Gasteiger partial charge is 0.477 e. The van der Waals surface area contributed by atoms with Gasteiger partial charge < -0.3 is 5.11 Å². The second kappa shape index (κ2) is 7.62. The first-order valence-corrected chi connectivity index (χ1v) is 11.6. The van der Waals surface area contributed by atoms with Crippen molar-refractivity contribution in [2.24, 2.45) is 0 Å². The van der Waals surface area contributed by atoms with Gasteiger partial charge in [0, 0.05) is 9.75 Å². The first-order chi connectivity index (χ1) is 13.1. The van der Waals surface area contributed by atoms with E-state index >= 15 is 0 Å². The first-order valence-electron chi connectivity index (χ1n) is 8.35. The number of ketones is 1. The highest BCUT2D eigenvalue weighted by Crippen LogP contribution is 2.37. The normalized spacial score (nSPS) is 11.5. The zero-order chi connectivity index (χ0) is 20.6. The molecule has 0 aliphatic rings. The number of hydrogen-bond donors (Lipinski definition) is 1. The number of hydrogen-bond acceptors (Lipinski definition) is 6. The predicted molar refractivity (Wildman–Crippen MR) is 111 cm³/mol. The number of carbonyl (C=O) groups is 2. The predicted octanol–water partition coefficient (Wildman–Crippen LogP) is 4.97. The number of carbonyl (C=O) groups excluding carboxylic acids is 1. The Balaban J connectivity index is 2.02. The summed E-state index contributed by atoms with van der Waals surface area (Å²) in [4.78, 5) is 25.4. The van der Waals surface area contributed by atoms with Gasteiger partial charge >= 0.3 is 5.97 Å². The van der Waals surface area contributed by atoms with Crippen molar-refractivity contribution in [3.05, 3.63) is 62.8 Å². The summed E-state index contributed by atoms with van der Waals surface area (Å²) in [5.41, 5.74) is 1.85. The van der Waals surface area contributed by atoms with Crippen LogP contribution in [0.4, 0.5) is 0 Å². The van der Waals surface area contributed by atoms with Crippen LogP contribution in [-0.2, 0) is 15.6 Å². The standard InChI is InChI=1S/C20H18O5S3/c1-11-4-7-18(12(2)8-11)28(24,25)10-14-9-17(27-19(14)20(22)23)16-6-5-15(26-16)13(3)21/h4-9H,10H2,1-3H3,(H,22,23). The zero-order valence-corrected chi connectivity index (χ0v) is 17.9. The highest BCUT2D eigenvalue weighted by Gasteiger charge is 2.24. The van der Waals surface area contributed by atoms with Crippen molar-refractivity contribution in [1.82, 2.24) is 0 Å². The quantitative estimate of drug-likeness (QED) is 0.554. The smallest absolute Gasteiger partial charge is 0.346 e. The van der Waals surface area contributed by atoms with E-state index in [2.05, 4.69) is 0 Å². The van der Waals surface area contributed by atoms with E-state index in [0.29, 0.717) is 15.3 Å². The molecule has 0 saturated heterocycles. The third-order valence-electron chi connectivity index (χ3n) is 4.21. The van der Waals surface area contributed by atoms with E-state index < -0.39 is 15.8 Å². The molecule has 0 fully saturated rings. The van der Waals surface area contributed by atoms with Crippen LogP contribution in [0.1, 0.15) is 43.0 Å². The third-order valence-corrected chi connectivity index (χ3v) is 8.58. The molecular formula is C20H18O5S3. The van der Waals surface area contributed by atoms with Gasteiger partial charge in [-0.3, -0.25) is 4.79 Å². The van der Waals surface area contributed by atoms with Crippen molar-refractivity contribution in [3.63, 3.8) is 0 Å². The molecule has 8 heteroatoms. The van der Waals surface area contributed by atoms with E-state index in [1.165, 1.54) is 18.3 Å². The van der Waals surface area contributed by atoms with Gasteiger partial charge in [0.1, 0.15) is 4.88 Å². The Morgan fingerprint density at radius 2 is 1.71 bits per heavy atom. The van der Waals surface area contributed by atoms with Crippen molar-refractivity contribution in [1.29, 1.82) is 0 Å². The van der Waals surface area contributed by atoms with Crippen molar-refractivity contribution >= 4 is 44.3 Å². The molecule has 0 spiro atoms. The maximum absolute atomic E-state index is 12.9. The lowest BCUT2D eigenvalue weighted by Crippen LogP contribution is -2.09. The van der Waals surface area contributed by atoms with Crippen LogP contribution in [0.2, 0.25) is 0 Å². The van der Waals surface area contributed by atoms with Crippen LogP contribution in [0.15, 0.2) is 41.3 Å². The lowest BCUT2D eigenvalue weighted by Gasteiger charge is -2.08. The van der Waals surface area contributed by atoms with Crippen molar-refractivity contribution in [3.8, 4) is 9.75 Å². The monoisotopic (exact) mass is 434 g/mol. The molecule has 1 aromatic carbocycles. The number of benzene rings is 1. The molecule has 146 valence electrons. The van der Waals surface area contributed by atoms with Gasteiger partial charge in [0.2, 0.25) is 0 Å².